The zero-order valence-electron chi connectivity index (χ0n) is 11.6. The van der Waals surface area contributed by atoms with Gasteiger partial charge in [-0.3, -0.25) is 0 Å². The largest absolute Gasteiger partial charge is 0.463 e. The van der Waals surface area contributed by atoms with Crippen molar-refractivity contribution in [2.45, 2.75) is 20.3 Å². The molecular formula is C14H17ClN4O. The van der Waals surface area contributed by atoms with Crippen LogP contribution in [-0.4, -0.2) is 28.1 Å². The van der Waals surface area contributed by atoms with Crippen LogP contribution in [0.4, 0.5) is 5.95 Å². The molecule has 0 aliphatic rings. The highest BCUT2D eigenvalue weighted by atomic mass is 35.5. The Morgan fingerprint density at radius 3 is 2.50 bits per heavy atom. The molecular weight excluding hydrogens is 276 g/mol. The van der Waals surface area contributed by atoms with Gasteiger partial charge in [-0.25, -0.2) is 0 Å². The standard InChI is InChI=1S/C14H17ClN4O/c1-3-9-20-14-18-12(17-13(19-14)16-4-2)10-5-7-11(15)8-6-10/h5-8H,3-4,9H2,1-2H3,(H,16,17,18,19). The number of aromatic nitrogens is 3. The minimum absolute atomic E-state index is 0.336. The van der Waals surface area contributed by atoms with Crippen LogP contribution < -0.4 is 10.1 Å². The predicted octanol–water partition coefficient (Wildman–Crippen LogP) is 3.41. The van der Waals surface area contributed by atoms with Gasteiger partial charge < -0.3 is 10.1 Å². The summed E-state index contributed by atoms with van der Waals surface area (Å²) < 4.78 is 5.50. The topological polar surface area (TPSA) is 59.9 Å². The molecule has 0 saturated carbocycles. The first-order valence-corrected chi connectivity index (χ1v) is 6.99. The average molecular weight is 293 g/mol. The second-order valence-electron chi connectivity index (χ2n) is 4.15. The van der Waals surface area contributed by atoms with Crippen LogP contribution in [0.5, 0.6) is 6.01 Å². The van der Waals surface area contributed by atoms with Gasteiger partial charge in [0.15, 0.2) is 5.82 Å². The first kappa shape index (κ1) is 14.5. The second-order valence-corrected chi connectivity index (χ2v) is 4.59. The summed E-state index contributed by atoms with van der Waals surface area (Å²) in [5, 5.41) is 3.76. The van der Waals surface area contributed by atoms with E-state index >= 15 is 0 Å². The van der Waals surface area contributed by atoms with E-state index in [-0.39, 0.29) is 0 Å². The van der Waals surface area contributed by atoms with Crippen molar-refractivity contribution < 1.29 is 4.74 Å². The zero-order valence-corrected chi connectivity index (χ0v) is 12.3. The molecule has 0 radical (unpaired) electrons. The number of hydrogen-bond donors (Lipinski definition) is 1. The zero-order chi connectivity index (χ0) is 14.4. The molecule has 0 atom stereocenters. The van der Waals surface area contributed by atoms with Crippen LogP contribution in [0, 0.1) is 0 Å². The van der Waals surface area contributed by atoms with Crippen molar-refractivity contribution in [2.24, 2.45) is 0 Å². The van der Waals surface area contributed by atoms with E-state index in [0.717, 1.165) is 18.5 Å². The Morgan fingerprint density at radius 2 is 1.85 bits per heavy atom. The quantitative estimate of drug-likeness (QED) is 0.884. The molecule has 1 heterocycles. The summed E-state index contributed by atoms with van der Waals surface area (Å²) in [6.07, 6.45) is 0.901. The van der Waals surface area contributed by atoms with Crippen molar-refractivity contribution in [3.8, 4) is 17.4 Å². The van der Waals surface area contributed by atoms with E-state index in [0.29, 0.717) is 29.4 Å². The fourth-order valence-corrected chi connectivity index (χ4v) is 1.71. The minimum atomic E-state index is 0.336. The third-order valence-corrected chi connectivity index (χ3v) is 2.74. The molecule has 106 valence electrons. The molecule has 1 aromatic carbocycles. The molecule has 0 amide bonds. The molecule has 0 saturated heterocycles. The van der Waals surface area contributed by atoms with Crippen molar-refractivity contribution >= 4 is 17.5 Å². The van der Waals surface area contributed by atoms with Crippen molar-refractivity contribution in [3.05, 3.63) is 29.3 Å². The smallest absolute Gasteiger partial charge is 0.321 e. The highest BCUT2D eigenvalue weighted by Crippen LogP contribution is 2.20. The van der Waals surface area contributed by atoms with Gasteiger partial charge in [0.1, 0.15) is 0 Å². The van der Waals surface area contributed by atoms with E-state index in [9.17, 15) is 0 Å². The number of hydrogen-bond acceptors (Lipinski definition) is 5. The Bertz CT molecular complexity index is 560. The van der Waals surface area contributed by atoms with Gasteiger partial charge in [-0.1, -0.05) is 18.5 Å². The van der Waals surface area contributed by atoms with Crippen LogP contribution in [0.2, 0.25) is 5.02 Å². The molecule has 0 aliphatic heterocycles. The molecule has 0 fully saturated rings. The molecule has 0 bridgehead atoms. The van der Waals surface area contributed by atoms with E-state index in [1.807, 2.05) is 26.0 Å². The summed E-state index contributed by atoms with van der Waals surface area (Å²) >= 11 is 5.89. The van der Waals surface area contributed by atoms with Crippen molar-refractivity contribution in [3.63, 3.8) is 0 Å². The maximum atomic E-state index is 5.89. The van der Waals surface area contributed by atoms with Gasteiger partial charge in [-0.15, -0.1) is 0 Å². The van der Waals surface area contributed by atoms with Crippen LogP contribution in [0.15, 0.2) is 24.3 Å². The Balaban J connectivity index is 2.34. The van der Waals surface area contributed by atoms with Crippen LogP contribution in [-0.2, 0) is 0 Å². The maximum absolute atomic E-state index is 5.89. The van der Waals surface area contributed by atoms with Gasteiger partial charge in [0, 0.05) is 17.1 Å². The highest BCUT2D eigenvalue weighted by Gasteiger charge is 2.09. The first-order valence-electron chi connectivity index (χ1n) is 6.61. The summed E-state index contributed by atoms with van der Waals surface area (Å²) in [6, 6.07) is 7.69. The Kier molecular flexibility index (Phi) is 5.12. The number of benzene rings is 1. The van der Waals surface area contributed by atoms with E-state index < -0.39 is 0 Å². The van der Waals surface area contributed by atoms with Gasteiger partial charge in [0.25, 0.3) is 0 Å². The number of nitrogens with zero attached hydrogens (tertiary/aromatic N) is 3. The molecule has 1 N–H and O–H groups in total. The second kappa shape index (κ2) is 7.05. The van der Waals surface area contributed by atoms with Crippen LogP contribution >= 0.6 is 11.6 Å². The normalized spacial score (nSPS) is 10.3. The summed E-state index contributed by atoms with van der Waals surface area (Å²) in [7, 11) is 0. The van der Waals surface area contributed by atoms with Crippen LogP contribution in [0.1, 0.15) is 20.3 Å². The lowest BCUT2D eigenvalue weighted by Gasteiger charge is -2.08. The lowest BCUT2D eigenvalue weighted by atomic mass is 10.2. The van der Waals surface area contributed by atoms with Gasteiger partial charge in [-0.2, -0.15) is 15.0 Å². The molecule has 0 spiro atoms. The number of anilines is 1. The molecule has 0 aliphatic carbocycles. The summed E-state index contributed by atoms with van der Waals surface area (Å²) in [6.45, 7) is 5.33. The summed E-state index contributed by atoms with van der Waals surface area (Å²) in [4.78, 5) is 12.9. The molecule has 6 heteroatoms. The molecule has 2 aromatic rings. The summed E-state index contributed by atoms with van der Waals surface area (Å²) in [5.74, 6) is 1.08. The monoisotopic (exact) mass is 292 g/mol. The molecule has 1 aromatic heterocycles. The minimum Gasteiger partial charge on any atom is -0.463 e. The van der Waals surface area contributed by atoms with E-state index in [4.69, 9.17) is 16.3 Å². The Labute approximate surface area is 123 Å². The number of nitrogens with one attached hydrogen (secondary N) is 1. The SMILES string of the molecule is CCCOc1nc(NCC)nc(-c2ccc(Cl)cc2)n1. The lowest BCUT2D eigenvalue weighted by Crippen LogP contribution is -2.08. The number of halogens is 1. The molecule has 20 heavy (non-hydrogen) atoms. The molecule has 5 nitrogen and oxygen atoms in total. The van der Waals surface area contributed by atoms with Gasteiger partial charge in [0.05, 0.1) is 6.61 Å². The Morgan fingerprint density at radius 1 is 1.10 bits per heavy atom. The first-order chi connectivity index (χ1) is 9.72. The lowest BCUT2D eigenvalue weighted by molar-refractivity contribution is 0.292. The third kappa shape index (κ3) is 3.81. The summed E-state index contributed by atoms with van der Waals surface area (Å²) in [5.41, 5.74) is 0.873. The van der Waals surface area contributed by atoms with Gasteiger partial charge in [0.2, 0.25) is 5.95 Å². The maximum Gasteiger partial charge on any atom is 0.321 e. The van der Waals surface area contributed by atoms with Crippen LogP contribution in [0.3, 0.4) is 0 Å². The molecule has 2 rings (SSSR count). The van der Waals surface area contributed by atoms with Crippen LogP contribution in [0.25, 0.3) is 11.4 Å². The third-order valence-electron chi connectivity index (χ3n) is 2.49. The van der Waals surface area contributed by atoms with Crippen molar-refractivity contribution in [1.82, 2.24) is 15.0 Å². The highest BCUT2D eigenvalue weighted by molar-refractivity contribution is 6.30. The van der Waals surface area contributed by atoms with E-state index in [2.05, 4.69) is 20.3 Å². The molecule has 0 unspecified atom stereocenters. The van der Waals surface area contributed by atoms with E-state index in [1.54, 1.807) is 12.1 Å². The number of rotatable bonds is 6. The number of ether oxygens (including phenoxy) is 1. The average Bonchev–Trinajstić information content (AvgIpc) is 2.46. The predicted molar refractivity (Wildman–Crippen MR) is 80.2 cm³/mol. The van der Waals surface area contributed by atoms with Gasteiger partial charge in [-0.05, 0) is 37.6 Å². The Hall–Kier alpha value is -1.88. The van der Waals surface area contributed by atoms with Gasteiger partial charge >= 0.3 is 6.01 Å². The van der Waals surface area contributed by atoms with E-state index in [1.165, 1.54) is 0 Å². The fourth-order valence-electron chi connectivity index (χ4n) is 1.58. The van der Waals surface area contributed by atoms with Crippen molar-refractivity contribution in [1.29, 1.82) is 0 Å². The van der Waals surface area contributed by atoms with Crippen molar-refractivity contribution in [2.75, 3.05) is 18.5 Å². The fraction of sp³-hybridized carbons (Fsp3) is 0.357.